The van der Waals surface area contributed by atoms with Gasteiger partial charge in [0.05, 0.1) is 6.54 Å². The van der Waals surface area contributed by atoms with Crippen LogP contribution in [-0.4, -0.2) is 22.9 Å². The molecule has 1 heterocycles. The molecule has 0 atom stereocenters. The monoisotopic (exact) mass is 245 g/mol. The van der Waals surface area contributed by atoms with Crippen LogP contribution in [0.1, 0.15) is 11.1 Å². The molecule has 2 aromatic rings. The van der Waals surface area contributed by atoms with E-state index in [9.17, 15) is 0 Å². The Balaban J connectivity index is 1.95. The molecular formula is C14H19N3O. The van der Waals surface area contributed by atoms with E-state index in [2.05, 4.69) is 24.2 Å². The zero-order valence-electron chi connectivity index (χ0n) is 10.7. The molecule has 0 unspecified atom stereocenters. The topological polar surface area (TPSA) is 53.1 Å². The van der Waals surface area contributed by atoms with Crippen molar-refractivity contribution in [2.75, 3.05) is 13.2 Å². The zero-order valence-corrected chi connectivity index (χ0v) is 10.7. The fraction of sp³-hybridized carbons (Fsp3) is 0.357. The van der Waals surface area contributed by atoms with E-state index >= 15 is 0 Å². The molecule has 0 radical (unpaired) electrons. The lowest BCUT2D eigenvalue weighted by Gasteiger charge is -2.12. The molecule has 0 amide bonds. The van der Waals surface area contributed by atoms with E-state index in [4.69, 9.17) is 10.5 Å². The Kier molecular flexibility index (Phi) is 4.36. The maximum absolute atomic E-state index is 5.80. The van der Waals surface area contributed by atoms with Crippen molar-refractivity contribution >= 4 is 0 Å². The Morgan fingerprint density at radius 2 is 2.28 bits per heavy atom. The van der Waals surface area contributed by atoms with E-state index in [0.717, 1.165) is 18.7 Å². The summed E-state index contributed by atoms with van der Waals surface area (Å²) in [4.78, 5) is 0. The summed E-state index contributed by atoms with van der Waals surface area (Å²) in [6.07, 6.45) is 4.55. The van der Waals surface area contributed by atoms with Crippen molar-refractivity contribution in [3.05, 3.63) is 47.8 Å². The highest BCUT2D eigenvalue weighted by Crippen LogP contribution is 2.20. The molecule has 1 aromatic heterocycles. The average Bonchev–Trinajstić information content (AvgIpc) is 2.85. The van der Waals surface area contributed by atoms with E-state index in [0.29, 0.717) is 13.2 Å². The predicted molar refractivity (Wildman–Crippen MR) is 71.7 cm³/mol. The van der Waals surface area contributed by atoms with Crippen molar-refractivity contribution in [1.29, 1.82) is 0 Å². The Morgan fingerprint density at radius 1 is 1.39 bits per heavy atom. The highest BCUT2D eigenvalue weighted by atomic mass is 16.5. The minimum absolute atomic E-state index is 0.613. The second-order valence-electron chi connectivity index (χ2n) is 4.27. The van der Waals surface area contributed by atoms with Gasteiger partial charge in [0, 0.05) is 12.4 Å². The van der Waals surface area contributed by atoms with Crippen molar-refractivity contribution < 1.29 is 4.74 Å². The van der Waals surface area contributed by atoms with E-state index in [1.54, 1.807) is 6.20 Å². The van der Waals surface area contributed by atoms with Gasteiger partial charge in [-0.3, -0.25) is 4.68 Å². The van der Waals surface area contributed by atoms with Crippen molar-refractivity contribution in [1.82, 2.24) is 9.78 Å². The summed E-state index contributed by atoms with van der Waals surface area (Å²) >= 11 is 0. The number of benzene rings is 1. The number of hydrogen-bond acceptors (Lipinski definition) is 3. The summed E-state index contributed by atoms with van der Waals surface area (Å²) in [6, 6.07) is 8.12. The van der Waals surface area contributed by atoms with Crippen LogP contribution in [0.25, 0.3) is 0 Å². The van der Waals surface area contributed by atoms with E-state index in [1.165, 1.54) is 11.1 Å². The van der Waals surface area contributed by atoms with Crippen LogP contribution in [0, 0.1) is 6.92 Å². The second-order valence-corrected chi connectivity index (χ2v) is 4.27. The average molecular weight is 245 g/mol. The van der Waals surface area contributed by atoms with Crippen LogP contribution in [0.2, 0.25) is 0 Å². The Morgan fingerprint density at radius 3 is 3.00 bits per heavy atom. The lowest BCUT2D eigenvalue weighted by atomic mass is 10.1. The van der Waals surface area contributed by atoms with Crippen LogP contribution < -0.4 is 10.5 Å². The molecule has 4 heteroatoms. The van der Waals surface area contributed by atoms with E-state index in [1.807, 2.05) is 23.0 Å². The molecule has 0 aliphatic rings. The summed E-state index contributed by atoms with van der Waals surface area (Å²) < 4.78 is 7.66. The van der Waals surface area contributed by atoms with Gasteiger partial charge >= 0.3 is 0 Å². The summed E-state index contributed by atoms with van der Waals surface area (Å²) in [6.45, 7) is 4.08. The molecule has 0 saturated carbocycles. The number of ether oxygens (including phenoxy) is 1. The van der Waals surface area contributed by atoms with Gasteiger partial charge in [-0.1, -0.05) is 17.7 Å². The van der Waals surface area contributed by atoms with Gasteiger partial charge in [-0.05, 0) is 37.6 Å². The van der Waals surface area contributed by atoms with Gasteiger partial charge in [0.1, 0.15) is 12.4 Å². The van der Waals surface area contributed by atoms with Crippen LogP contribution in [0.4, 0.5) is 0 Å². The lowest BCUT2D eigenvalue weighted by molar-refractivity contribution is 0.288. The Hall–Kier alpha value is -1.81. The van der Waals surface area contributed by atoms with Crippen molar-refractivity contribution in [2.45, 2.75) is 19.9 Å². The quantitative estimate of drug-likeness (QED) is 0.844. The standard InChI is InChI=1S/C14H19N3O/c1-12-3-4-14(13(11-12)5-6-15)18-10-9-17-8-2-7-16-17/h2-4,7-8,11H,5-6,9-10,15H2,1H3. The normalized spacial score (nSPS) is 10.6. The van der Waals surface area contributed by atoms with Gasteiger partial charge in [0.25, 0.3) is 0 Å². The highest BCUT2D eigenvalue weighted by Gasteiger charge is 2.03. The lowest BCUT2D eigenvalue weighted by Crippen LogP contribution is -2.10. The van der Waals surface area contributed by atoms with Crippen molar-refractivity contribution in [3.8, 4) is 5.75 Å². The van der Waals surface area contributed by atoms with Crippen molar-refractivity contribution in [2.24, 2.45) is 5.73 Å². The predicted octanol–water partition coefficient (Wildman–Crippen LogP) is 1.77. The van der Waals surface area contributed by atoms with Gasteiger partial charge in [0.15, 0.2) is 0 Å². The van der Waals surface area contributed by atoms with Gasteiger partial charge in [-0.2, -0.15) is 5.10 Å². The molecular weight excluding hydrogens is 226 g/mol. The van der Waals surface area contributed by atoms with Crippen LogP contribution in [-0.2, 0) is 13.0 Å². The summed E-state index contributed by atoms with van der Waals surface area (Å²) in [5.41, 5.74) is 8.03. The number of nitrogens with two attached hydrogens (primary N) is 1. The van der Waals surface area contributed by atoms with Gasteiger partial charge in [0.2, 0.25) is 0 Å². The highest BCUT2D eigenvalue weighted by molar-refractivity contribution is 5.37. The Labute approximate surface area is 107 Å². The van der Waals surface area contributed by atoms with E-state index in [-0.39, 0.29) is 0 Å². The first-order valence-electron chi connectivity index (χ1n) is 6.19. The molecule has 4 nitrogen and oxygen atoms in total. The first kappa shape index (κ1) is 12.6. The Bertz CT molecular complexity index is 480. The molecule has 0 bridgehead atoms. The molecule has 0 fully saturated rings. The van der Waals surface area contributed by atoms with Crippen molar-refractivity contribution in [3.63, 3.8) is 0 Å². The minimum atomic E-state index is 0.613. The maximum atomic E-state index is 5.80. The fourth-order valence-corrected chi connectivity index (χ4v) is 1.88. The third-order valence-electron chi connectivity index (χ3n) is 2.77. The third-order valence-corrected chi connectivity index (χ3v) is 2.77. The molecule has 0 aliphatic carbocycles. The smallest absolute Gasteiger partial charge is 0.122 e. The van der Waals surface area contributed by atoms with Gasteiger partial charge in [-0.25, -0.2) is 0 Å². The SMILES string of the molecule is Cc1ccc(OCCn2cccn2)c(CCN)c1. The summed E-state index contributed by atoms with van der Waals surface area (Å²) in [7, 11) is 0. The molecule has 96 valence electrons. The van der Waals surface area contributed by atoms with Gasteiger partial charge < -0.3 is 10.5 Å². The van der Waals surface area contributed by atoms with Crippen LogP contribution >= 0.6 is 0 Å². The first-order valence-corrected chi connectivity index (χ1v) is 6.19. The fourth-order valence-electron chi connectivity index (χ4n) is 1.88. The first-order chi connectivity index (χ1) is 8.79. The number of aryl methyl sites for hydroxylation is 1. The zero-order chi connectivity index (χ0) is 12.8. The minimum Gasteiger partial charge on any atom is -0.491 e. The summed E-state index contributed by atoms with van der Waals surface area (Å²) in [5.74, 6) is 0.929. The number of aromatic nitrogens is 2. The van der Waals surface area contributed by atoms with Crippen LogP contribution in [0.5, 0.6) is 5.75 Å². The molecule has 0 spiro atoms. The molecule has 18 heavy (non-hydrogen) atoms. The van der Waals surface area contributed by atoms with Gasteiger partial charge in [-0.15, -0.1) is 0 Å². The number of hydrogen-bond donors (Lipinski definition) is 1. The molecule has 0 aliphatic heterocycles. The maximum Gasteiger partial charge on any atom is 0.122 e. The molecule has 2 rings (SSSR count). The van der Waals surface area contributed by atoms with Crippen LogP contribution in [0.15, 0.2) is 36.7 Å². The molecule has 0 saturated heterocycles. The van der Waals surface area contributed by atoms with Crippen LogP contribution in [0.3, 0.4) is 0 Å². The van der Waals surface area contributed by atoms with E-state index < -0.39 is 0 Å². The molecule has 1 aromatic carbocycles. The number of nitrogens with zero attached hydrogens (tertiary/aromatic N) is 2. The third kappa shape index (κ3) is 3.34. The molecule has 2 N–H and O–H groups in total. The number of rotatable bonds is 6. The largest absolute Gasteiger partial charge is 0.491 e. The second kappa shape index (κ2) is 6.21. The summed E-state index contributed by atoms with van der Waals surface area (Å²) in [5, 5.41) is 4.14.